The van der Waals surface area contributed by atoms with Crippen LogP contribution in [0.15, 0.2) is 0 Å². The van der Waals surface area contributed by atoms with Gasteiger partial charge in [0.05, 0.1) is 27.2 Å². The van der Waals surface area contributed by atoms with Crippen LogP contribution in [0.2, 0.25) is 0 Å². The van der Waals surface area contributed by atoms with E-state index in [2.05, 4.69) is 0 Å². The van der Waals surface area contributed by atoms with Crippen molar-refractivity contribution in [3.05, 3.63) is 0 Å². The van der Waals surface area contributed by atoms with Gasteiger partial charge in [0, 0.05) is 12.8 Å². The van der Waals surface area contributed by atoms with Gasteiger partial charge in [0.2, 0.25) is 0 Å². The Morgan fingerprint density at radius 3 is 2.00 bits per heavy atom. The summed E-state index contributed by atoms with van der Waals surface area (Å²) in [5.74, 6) is -4.29. The Bertz CT molecular complexity index is 442. The molecule has 0 aliphatic rings. The van der Waals surface area contributed by atoms with Gasteiger partial charge in [-0.2, -0.15) is 0 Å². The number of aliphatic hydroxyl groups excluding tert-OH is 1. The highest BCUT2D eigenvalue weighted by atomic mass is 16.5. The number of nitrogens with zero attached hydrogens (tertiary/aromatic N) is 1. The summed E-state index contributed by atoms with van der Waals surface area (Å²) >= 11 is 0. The maximum absolute atomic E-state index is 12.0. The fourth-order valence-electron chi connectivity index (χ4n) is 2.34. The van der Waals surface area contributed by atoms with Gasteiger partial charge in [-0.25, -0.2) is 0 Å². The zero-order chi connectivity index (χ0) is 19.1. The summed E-state index contributed by atoms with van der Waals surface area (Å²) in [4.78, 5) is 34.2. The molecule has 0 aliphatic heterocycles. The van der Waals surface area contributed by atoms with Crippen molar-refractivity contribution in [2.24, 2.45) is 11.8 Å². The number of quaternary nitrogens is 1. The van der Waals surface area contributed by atoms with Crippen LogP contribution >= 0.6 is 0 Å². The number of hydrogen-bond donors (Lipinski definition) is 3. The van der Waals surface area contributed by atoms with Crippen LogP contribution in [0.1, 0.15) is 33.1 Å². The summed E-state index contributed by atoms with van der Waals surface area (Å²) < 4.78 is 5.67. The summed E-state index contributed by atoms with van der Waals surface area (Å²) in [7, 11) is 5.43. The third-order valence-electron chi connectivity index (χ3n) is 3.34. The molecule has 8 nitrogen and oxygen atoms in total. The normalized spacial score (nSPS) is 15.6. The molecule has 0 saturated carbocycles. The molecular weight excluding hydrogens is 318 g/mol. The van der Waals surface area contributed by atoms with E-state index in [1.165, 1.54) is 0 Å². The van der Waals surface area contributed by atoms with E-state index in [1.807, 2.05) is 35.0 Å². The van der Waals surface area contributed by atoms with Crippen molar-refractivity contribution < 1.29 is 38.9 Å². The Kier molecular flexibility index (Phi) is 8.92. The third kappa shape index (κ3) is 9.46. The molecule has 3 atom stereocenters. The fraction of sp³-hybridized carbons (Fsp3) is 0.812. The molecule has 0 amide bonds. The molecule has 0 aliphatic carbocycles. The predicted molar refractivity (Wildman–Crippen MR) is 86.2 cm³/mol. The topological polar surface area (TPSA) is 121 Å². The van der Waals surface area contributed by atoms with Gasteiger partial charge < -0.3 is 24.5 Å². The molecule has 0 bridgehead atoms. The van der Waals surface area contributed by atoms with Crippen molar-refractivity contribution in [2.75, 3.05) is 27.7 Å². The minimum Gasteiger partial charge on any atom is -0.481 e. The predicted octanol–water partition coefficient (Wildman–Crippen LogP) is 0.577. The van der Waals surface area contributed by atoms with E-state index in [4.69, 9.17) is 9.84 Å². The number of aliphatic hydroxyl groups is 1. The quantitative estimate of drug-likeness (QED) is 0.369. The van der Waals surface area contributed by atoms with Crippen molar-refractivity contribution in [1.29, 1.82) is 0 Å². The van der Waals surface area contributed by atoms with Crippen molar-refractivity contribution in [3.8, 4) is 0 Å². The van der Waals surface area contributed by atoms with Gasteiger partial charge in [0.25, 0.3) is 0 Å². The van der Waals surface area contributed by atoms with Crippen LogP contribution < -0.4 is 0 Å². The highest BCUT2D eigenvalue weighted by molar-refractivity contribution is 5.74. The number of likely N-dealkylation sites (N-methyl/N-ethyl adjacent to an activating group) is 1. The molecule has 0 aromatic rings. The van der Waals surface area contributed by atoms with E-state index in [-0.39, 0.29) is 31.7 Å². The van der Waals surface area contributed by atoms with E-state index in [0.29, 0.717) is 4.48 Å². The number of carbonyl (C=O) groups excluding carboxylic acids is 1. The third-order valence-corrected chi connectivity index (χ3v) is 3.34. The Morgan fingerprint density at radius 1 is 1.08 bits per heavy atom. The number of esters is 1. The van der Waals surface area contributed by atoms with Crippen molar-refractivity contribution in [3.63, 3.8) is 0 Å². The fourth-order valence-corrected chi connectivity index (χ4v) is 2.34. The van der Waals surface area contributed by atoms with Gasteiger partial charge in [-0.3, -0.25) is 14.4 Å². The second-order valence-corrected chi connectivity index (χ2v) is 7.46. The lowest BCUT2D eigenvalue weighted by Crippen LogP contribution is -2.51. The zero-order valence-corrected chi connectivity index (χ0v) is 15.1. The molecule has 3 N–H and O–H groups in total. The van der Waals surface area contributed by atoms with E-state index in [1.54, 1.807) is 0 Å². The van der Waals surface area contributed by atoms with Crippen molar-refractivity contribution in [1.82, 2.24) is 0 Å². The summed E-state index contributed by atoms with van der Waals surface area (Å²) in [5, 5.41) is 28.3. The summed E-state index contributed by atoms with van der Waals surface area (Å²) in [6, 6.07) is 0. The molecule has 0 rings (SSSR count). The molecule has 0 saturated heterocycles. The smallest absolute Gasteiger partial charge is 0.313 e. The van der Waals surface area contributed by atoms with Gasteiger partial charge in [-0.1, -0.05) is 13.8 Å². The maximum atomic E-state index is 12.0. The summed E-state index contributed by atoms with van der Waals surface area (Å²) in [6.45, 7) is 3.86. The van der Waals surface area contributed by atoms with Gasteiger partial charge in [0.15, 0.2) is 6.10 Å². The number of ether oxygens (including phenoxy) is 1. The van der Waals surface area contributed by atoms with Crippen molar-refractivity contribution in [2.45, 2.75) is 45.3 Å². The minimum absolute atomic E-state index is 0.0579. The van der Waals surface area contributed by atoms with E-state index in [0.717, 1.165) is 0 Å². The van der Waals surface area contributed by atoms with Gasteiger partial charge in [-0.05, 0) is 12.3 Å². The zero-order valence-electron chi connectivity index (χ0n) is 15.1. The molecule has 0 spiro atoms. The van der Waals surface area contributed by atoms with E-state index in [9.17, 15) is 24.6 Å². The molecule has 0 aromatic carbocycles. The average Bonchev–Trinajstić information content (AvgIpc) is 2.32. The molecule has 3 unspecified atom stereocenters. The first-order chi connectivity index (χ1) is 10.8. The van der Waals surface area contributed by atoms with E-state index >= 15 is 0 Å². The lowest BCUT2D eigenvalue weighted by Gasteiger charge is -2.33. The number of carboxylic acid groups (broad SMARTS) is 2. The monoisotopic (exact) mass is 348 g/mol. The number of rotatable bonds is 11. The van der Waals surface area contributed by atoms with Gasteiger partial charge in [0.1, 0.15) is 12.5 Å². The summed E-state index contributed by atoms with van der Waals surface area (Å²) in [6.07, 6.45) is -2.89. The molecule has 0 fully saturated rings. The molecule has 140 valence electrons. The number of aliphatic carboxylic acids is 2. The van der Waals surface area contributed by atoms with E-state index < -0.39 is 36.0 Å². The van der Waals surface area contributed by atoms with Gasteiger partial charge >= 0.3 is 17.9 Å². The average molecular weight is 348 g/mol. The van der Waals surface area contributed by atoms with Crippen LogP contribution in [0.3, 0.4) is 0 Å². The first kappa shape index (κ1) is 22.3. The molecule has 0 aromatic heterocycles. The lowest BCUT2D eigenvalue weighted by molar-refractivity contribution is -0.873. The molecule has 0 heterocycles. The van der Waals surface area contributed by atoms with Crippen LogP contribution in [0.25, 0.3) is 0 Å². The highest BCUT2D eigenvalue weighted by Gasteiger charge is 2.40. The molecule has 24 heavy (non-hydrogen) atoms. The van der Waals surface area contributed by atoms with Crippen LogP contribution in [0, 0.1) is 11.8 Å². The number of hydrogen-bond acceptors (Lipinski definition) is 5. The first-order valence-corrected chi connectivity index (χ1v) is 7.96. The lowest BCUT2D eigenvalue weighted by atomic mass is 9.91. The maximum Gasteiger partial charge on any atom is 0.313 e. The Morgan fingerprint density at radius 2 is 1.62 bits per heavy atom. The standard InChI is InChI=1S/C16H29NO7/c1-10(2)8-14(21)24-12(9-17(3,4)5)15(16(22)23)11(18)6-7-13(19)20/h10-12,15,18H,6-9H2,1-5H3,(H-,19,20,22,23)/p+1. The van der Waals surface area contributed by atoms with Crippen LogP contribution in [0.5, 0.6) is 0 Å². The summed E-state index contributed by atoms with van der Waals surface area (Å²) in [5.41, 5.74) is 0. The molecular formula is C16H30NO7+. The highest BCUT2D eigenvalue weighted by Crippen LogP contribution is 2.21. The van der Waals surface area contributed by atoms with Crippen LogP contribution in [0.4, 0.5) is 0 Å². The first-order valence-electron chi connectivity index (χ1n) is 7.96. The number of carboxylic acids is 2. The second kappa shape index (κ2) is 9.58. The van der Waals surface area contributed by atoms with Crippen LogP contribution in [-0.4, -0.2) is 77.6 Å². The number of carbonyl (C=O) groups is 3. The Hall–Kier alpha value is -1.67. The molecule has 8 heteroatoms. The minimum atomic E-state index is -1.41. The van der Waals surface area contributed by atoms with Gasteiger partial charge in [-0.15, -0.1) is 0 Å². The Balaban J connectivity index is 5.30. The Labute approximate surface area is 142 Å². The van der Waals surface area contributed by atoms with Crippen LogP contribution in [-0.2, 0) is 19.1 Å². The van der Waals surface area contributed by atoms with Crippen molar-refractivity contribution >= 4 is 17.9 Å². The largest absolute Gasteiger partial charge is 0.481 e. The second-order valence-electron chi connectivity index (χ2n) is 7.46. The SMILES string of the molecule is CC(C)CC(=O)OC(C[N+](C)(C)C)C(C(=O)O)C(O)CCC(=O)O. The molecule has 0 radical (unpaired) electrons.